The van der Waals surface area contributed by atoms with Gasteiger partial charge < -0.3 is 5.73 Å². The smallest absolute Gasteiger partial charge is 0.326 e. The van der Waals surface area contributed by atoms with E-state index in [1.807, 2.05) is 0 Å². The number of thiol groups is 1. The summed E-state index contributed by atoms with van der Waals surface area (Å²) >= 11 is 3.87. The van der Waals surface area contributed by atoms with Gasteiger partial charge in [0.15, 0.2) is 0 Å². The fourth-order valence-corrected chi connectivity index (χ4v) is 0.317. The fraction of sp³-hybridized carbons (Fsp3) is 0.667. The van der Waals surface area contributed by atoms with Crippen LogP contribution in [0.25, 0.3) is 0 Å². The molecule has 0 atom stereocenters. The first-order valence-electron chi connectivity index (χ1n) is 2.16. The highest BCUT2D eigenvalue weighted by atomic mass is 32.1. The molecule has 0 fully saturated rings. The van der Waals surface area contributed by atoms with Crippen LogP contribution in [0.1, 0.15) is 0 Å². The molecule has 0 saturated heterocycles. The van der Waals surface area contributed by atoms with E-state index in [0.29, 0.717) is 12.3 Å². The summed E-state index contributed by atoms with van der Waals surface area (Å²) in [7, 11) is 0. The van der Waals surface area contributed by atoms with E-state index in [0.717, 1.165) is 0 Å². The molecular formula is C3H9N3OS. The summed E-state index contributed by atoms with van der Waals surface area (Å²) in [6.45, 7) is 0.617. The lowest BCUT2D eigenvalue weighted by Crippen LogP contribution is -2.41. The van der Waals surface area contributed by atoms with Crippen LogP contribution in [0.5, 0.6) is 0 Å². The molecule has 5 heteroatoms. The van der Waals surface area contributed by atoms with Crippen LogP contribution in [0.4, 0.5) is 4.79 Å². The Morgan fingerprint density at radius 2 is 2.38 bits per heavy atom. The van der Waals surface area contributed by atoms with Crippen molar-refractivity contribution >= 4 is 18.7 Å². The van der Waals surface area contributed by atoms with Gasteiger partial charge in [-0.1, -0.05) is 0 Å². The van der Waals surface area contributed by atoms with Gasteiger partial charge in [0, 0.05) is 12.3 Å². The number of primary amides is 1. The Morgan fingerprint density at radius 1 is 1.75 bits per heavy atom. The molecule has 0 aliphatic rings. The minimum Gasteiger partial charge on any atom is -0.351 e. The average molecular weight is 135 g/mol. The Bertz CT molecular complexity index is 76.9. The molecule has 0 aromatic rings. The van der Waals surface area contributed by atoms with Crippen molar-refractivity contribution < 1.29 is 4.79 Å². The van der Waals surface area contributed by atoms with Crippen molar-refractivity contribution in [3.63, 3.8) is 0 Å². The first-order valence-corrected chi connectivity index (χ1v) is 2.80. The molecule has 0 radical (unpaired) electrons. The van der Waals surface area contributed by atoms with Crippen LogP contribution < -0.4 is 16.6 Å². The predicted molar refractivity (Wildman–Crippen MR) is 34.6 cm³/mol. The van der Waals surface area contributed by atoms with Crippen LogP contribution in [-0.4, -0.2) is 18.3 Å². The van der Waals surface area contributed by atoms with Crippen molar-refractivity contribution in [3.8, 4) is 0 Å². The maximum atomic E-state index is 9.90. The number of urea groups is 1. The highest BCUT2D eigenvalue weighted by Crippen LogP contribution is 1.63. The van der Waals surface area contributed by atoms with Crippen molar-refractivity contribution in [2.45, 2.75) is 0 Å². The SMILES string of the molecule is NC(=O)NNCCS. The minimum atomic E-state index is -0.577. The van der Waals surface area contributed by atoms with Crippen LogP contribution in [0.15, 0.2) is 0 Å². The summed E-state index contributed by atoms with van der Waals surface area (Å²) in [5.41, 5.74) is 9.42. The first-order chi connectivity index (χ1) is 3.77. The summed E-state index contributed by atoms with van der Waals surface area (Å²) in [5, 5.41) is 0. The number of hydrazine groups is 1. The lowest BCUT2D eigenvalue weighted by atomic mass is 10.8. The van der Waals surface area contributed by atoms with E-state index in [4.69, 9.17) is 5.73 Å². The number of carbonyl (C=O) groups is 1. The number of nitrogens with two attached hydrogens (primary N) is 1. The molecule has 4 nitrogen and oxygen atoms in total. The van der Waals surface area contributed by atoms with E-state index in [9.17, 15) is 4.79 Å². The maximum absolute atomic E-state index is 9.90. The Hall–Kier alpha value is -0.420. The van der Waals surface area contributed by atoms with Gasteiger partial charge in [-0.3, -0.25) is 5.43 Å². The normalized spacial score (nSPS) is 8.62. The van der Waals surface area contributed by atoms with Gasteiger partial charge in [0.2, 0.25) is 0 Å². The van der Waals surface area contributed by atoms with Gasteiger partial charge in [-0.15, -0.1) is 0 Å². The first kappa shape index (κ1) is 7.58. The van der Waals surface area contributed by atoms with Gasteiger partial charge in [0.05, 0.1) is 0 Å². The quantitative estimate of drug-likeness (QED) is 0.230. The molecule has 0 spiro atoms. The summed E-state index contributed by atoms with van der Waals surface area (Å²) in [4.78, 5) is 9.90. The van der Waals surface area contributed by atoms with E-state index in [2.05, 4.69) is 23.5 Å². The number of amides is 2. The van der Waals surface area contributed by atoms with Crippen LogP contribution in [-0.2, 0) is 0 Å². The average Bonchev–Trinajstić information content (AvgIpc) is 1.66. The second kappa shape index (κ2) is 4.73. The Kier molecular flexibility index (Phi) is 4.48. The summed E-state index contributed by atoms with van der Waals surface area (Å²) in [5.74, 6) is 0.667. The third kappa shape index (κ3) is 5.58. The van der Waals surface area contributed by atoms with Crippen molar-refractivity contribution in [3.05, 3.63) is 0 Å². The van der Waals surface area contributed by atoms with Crippen molar-refractivity contribution in [1.29, 1.82) is 0 Å². The number of carbonyl (C=O) groups excluding carboxylic acids is 1. The van der Waals surface area contributed by atoms with E-state index >= 15 is 0 Å². The van der Waals surface area contributed by atoms with E-state index in [-0.39, 0.29) is 0 Å². The summed E-state index contributed by atoms with van der Waals surface area (Å²) in [6.07, 6.45) is 0. The van der Waals surface area contributed by atoms with Gasteiger partial charge in [0.1, 0.15) is 0 Å². The monoisotopic (exact) mass is 135 g/mol. The second-order valence-corrected chi connectivity index (χ2v) is 1.59. The molecule has 0 heterocycles. The number of hydrogen-bond acceptors (Lipinski definition) is 3. The minimum absolute atomic E-state index is 0.577. The van der Waals surface area contributed by atoms with Crippen molar-refractivity contribution in [1.82, 2.24) is 10.9 Å². The molecule has 0 bridgehead atoms. The molecule has 0 aromatic carbocycles. The Morgan fingerprint density at radius 3 is 2.75 bits per heavy atom. The largest absolute Gasteiger partial charge is 0.351 e. The van der Waals surface area contributed by atoms with Gasteiger partial charge in [-0.25, -0.2) is 10.2 Å². The zero-order chi connectivity index (χ0) is 6.41. The topological polar surface area (TPSA) is 67.2 Å². The lowest BCUT2D eigenvalue weighted by Gasteiger charge is -1.99. The third-order valence-electron chi connectivity index (χ3n) is 0.448. The molecule has 0 saturated carbocycles. The number of rotatable bonds is 3. The van der Waals surface area contributed by atoms with Crippen LogP contribution in [0.3, 0.4) is 0 Å². The second-order valence-electron chi connectivity index (χ2n) is 1.14. The molecule has 0 rings (SSSR count). The molecular weight excluding hydrogens is 126 g/mol. The molecule has 8 heavy (non-hydrogen) atoms. The Balaban J connectivity index is 2.82. The zero-order valence-electron chi connectivity index (χ0n) is 4.35. The highest BCUT2D eigenvalue weighted by molar-refractivity contribution is 7.80. The van der Waals surface area contributed by atoms with Crippen LogP contribution in [0, 0.1) is 0 Å². The zero-order valence-corrected chi connectivity index (χ0v) is 5.24. The standard InChI is InChI=1S/C3H9N3OS/c4-3(7)6-5-1-2-8/h5,8H,1-2H2,(H3,4,6,7). The van der Waals surface area contributed by atoms with E-state index in [1.54, 1.807) is 0 Å². The molecule has 0 aliphatic heterocycles. The van der Waals surface area contributed by atoms with Gasteiger partial charge in [-0.2, -0.15) is 12.6 Å². The van der Waals surface area contributed by atoms with Gasteiger partial charge in [0.25, 0.3) is 0 Å². The van der Waals surface area contributed by atoms with E-state index in [1.165, 1.54) is 0 Å². The Labute approximate surface area is 53.2 Å². The fourth-order valence-electron chi connectivity index (χ4n) is 0.206. The van der Waals surface area contributed by atoms with Crippen LogP contribution >= 0.6 is 12.6 Å². The molecule has 0 unspecified atom stereocenters. The summed E-state index contributed by atoms with van der Waals surface area (Å²) in [6, 6.07) is -0.577. The van der Waals surface area contributed by atoms with E-state index < -0.39 is 6.03 Å². The van der Waals surface area contributed by atoms with Gasteiger partial charge in [-0.05, 0) is 0 Å². The number of hydrogen-bond donors (Lipinski definition) is 4. The van der Waals surface area contributed by atoms with Gasteiger partial charge >= 0.3 is 6.03 Å². The number of nitrogens with one attached hydrogen (secondary N) is 2. The molecule has 4 N–H and O–H groups in total. The predicted octanol–water partition coefficient (Wildman–Crippen LogP) is -0.911. The molecule has 2 amide bonds. The van der Waals surface area contributed by atoms with Crippen molar-refractivity contribution in [2.24, 2.45) is 5.73 Å². The highest BCUT2D eigenvalue weighted by Gasteiger charge is 1.84. The molecule has 48 valence electrons. The molecule has 0 aliphatic carbocycles. The maximum Gasteiger partial charge on any atom is 0.326 e. The lowest BCUT2D eigenvalue weighted by molar-refractivity contribution is 0.245. The van der Waals surface area contributed by atoms with Crippen LogP contribution in [0.2, 0.25) is 0 Å². The third-order valence-corrected chi connectivity index (χ3v) is 0.672. The summed E-state index contributed by atoms with van der Waals surface area (Å²) < 4.78 is 0. The molecule has 0 aromatic heterocycles. The van der Waals surface area contributed by atoms with Crippen molar-refractivity contribution in [2.75, 3.05) is 12.3 Å².